The van der Waals surface area contributed by atoms with Crippen molar-refractivity contribution in [3.63, 3.8) is 0 Å². The number of rotatable bonds is 3. The van der Waals surface area contributed by atoms with E-state index in [1.54, 1.807) is 21.4 Å². The fourth-order valence-corrected chi connectivity index (χ4v) is 3.66. The number of hydrogen-bond acceptors (Lipinski definition) is 4. The lowest BCUT2D eigenvalue weighted by Gasteiger charge is -2.35. The van der Waals surface area contributed by atoms with Crippen molar-refractivity contribution in [2.24, 2.45) is 0 Å². The summed E-state index contributed by atoms with van der Waals surface area (Å²) in [6, 6.07) is 8.13. The van der Waals surface area contributed by atoms with Crippen LogP contribution in [-0.4, -0.2) is 63.4 Å². The topological polar surface area (TPSA) is 67.7 Å². The second kappa shape index (κ2) is 8.68. The minimum atomic E-state index is -0.541. The van der Waals surface area contributed by atoms with E-state index in [1.807, 2.05) is 52.0 Å². The minimum absolute atomic E-state index is 0.156. The summed E-state index contributed by atoms with van der Waals surface area (Å²) in [5.74, 6) is -0.156. The Morgan fingerprint density at radius 2 is 1.60 bits per heavy atom. The molecule has 1 fully saturated rings. The van der Waals surface area contributed by atoms with Crippen LogP contribution in [0, 0.1) is 13.8 Å². The fraction of sp³-hybridized carbons (Fsp3) is 0.500. The molecule has 1 aliphatic heterocycles. The van der Waals surface area contributed by atoms with Crippen molar-refractivity contribution in [1.82, 2.24) is 19.6 Å². The lowest BCUT2D eigenvalue weighted by atomic mass is 10.1. The number of halogens is 1. The molecule has 2 heterocycles. The Kier molecular flexibility index (Phi) is 6.41. The van der Waals surface area contributed by atoms with Crippen molar-refractivity contribution in [3.05, 3.63) is 51.8 Å². The average Bonchev–Trinajstić information content (AvgIpc) is 2.95. The third kappa shape index (κ3) is 5.14. The van der Waals surface area contributed by atoms with E-state index < -0.39 is 5.60 Å². The van der Waals surface area contributed by atoms with E-state index in [0.29, 0.717) is 49.1 Å². The van der Waals surface area contributed by atoms with Gasteiger partial charge in [0.25, 0.3) is 5.91 Å². The lowest BCUT2D eigenvalue weighted by Crippen LogP contribution is -2.51. The van der Waals surface area contributed by atoms with Gasteiger partial charge in [-0.2, -0.15) is 5.10 Å². The molecule has 2 amide bonds. The van der Waals surface area contributed by atoms with Crippen LogP contribution in [0.1, 0.15) is 48.0 Å². The summed E-state index contributed by atoms with van der Waals surface area (Å²) in [6.07, 6.45) is -0.352. The number of benzene rings is 1. The Balaban J connectivity index is 1.67. The summed E-state index contributed by atoms with van der Waals surface area (Å²) in [5.41, 5.74) is 2.74. The number of carbonyl (C=O) groups is 2. The molecule has 30 heavy (non-hydrogen) atoms. The zero-order valence-electron chi connectivity index (χ0n) is 18.2. The van der Waals surface area contributed by atoms with Gasteiger partial charge in [-0.25, -0.2) is 9.48 Å². The van der Waals surface area contributed by atoms with Gasteiger partial charge in [0.05, 0.1) is 17.8 Å². The third-order valence-electron chi connectivity index (χ3n) is 4.95. The number of piperazine rings is 1. The molecule has 1 aliphatic rings. The first-order valence-electron chi connectivity index (χ1n) is 10.1. The quantitative estimate of drug-likeness (QED) is 0.737. The summed E-state index contributed by atoms with van der Waals surface area (Å²) >= 11 is 6.55. The molecule has 1 aromatic heterocycles. The summed E-state index contributed by atoms with van der Waals surface area (Å²) < 4.78 is 7.07. The normalized spacial score (nSPS) is 14.7. The number of aromatic nitrogens is 2. The Bertz CT molecular complexity index is 923. The van der Waals surface area contributed by atoms with Crippen LogP contribution in [0.2, 0.25) is 5.15 Å². The molecule has 0 bridgehead atoms. The molecule has 0 N–H and O–H groups in total. The van der Waals surface area contributed by atoms with Crippen LogP contribution in [0.25, 0.3) is 0 Å². The molecule has 0 aliphatic carbocycles. The number of carbonyl (C=O) groups excluding carboxylic acids is 2. The Morgan fingerprint density at radius 1 is 1.03 bits per heavy atom. The maximum Gasteiger partial charge on any atom is 0.410 e. The molecular weight excluding hydrogens is 404 g/mol. The highest BCUT2D eigenvalue weighted by atomic mass is 35.5. The van der Waals surface area contributed by atoms with Gasteiger partial charge in [0.1, 0.15) is 10.8 Å². The molecule has 0 radical (unpaired) electrons. The molecular formula is C22H29ClN4O3. The van der Waals surface area contributed by atoms with Crippen molar-refractivity contribution in [2.45, 2.75) is 46.8 Å². The monoisotopic (exact) mass is 432 g/mol. The molecule has 8 heteroatoms. The molecule has 7 nitrogen and oxygen atoms in total. The minimum Gasteiger partial charge on any atom is -0.444 e. The summed E-state index contributed by atoms with van der Waals surface area (Å²) in [6.45, 7) is 11.5. The third-order valence-corrected chi connectivity index (χ3v) is 5.33. The Morgan fingerprint density at radius 3 is 2.17 bits per heavy atom. The number of ether oxygens (including phenoxy) is 1. The summed E-state index contributed by atoms with van der Waals surface area (Å²) in [4.78, 5) is 28.7. The largest absolute Gasteiger partial charge is 0.444 e. The molecule has 3 rings (SSSR count). The van der Waals surface area contributed by atoms with Gasteiger partial charge in [-0.05, 0) is 40.2 Å². The highest BCUT2D eigenvalue weighted by Gasteiger charge is 2.30. The molecule has 0 spiro atoms. The highest BCUT2D eigenvalue weighted by Crippen LogP contribution is 2.24. The molecule has 162 valence electrons. The van der Waals surface area contributed by atoms with E-state index >= 15 is 0 Å². The van der Waals surface area contributed by atoms with Crippen LogP contribution in [0.15, 0.2) is 24.3 Å². The van der Waals surface area contributed by atoms with Gasteiger partial charge in [0, 0.05) is 26.2 Å². The highest BCUT2D eigenvalue weighted by molar-refractivity contribution is 6.33. The van der Waals surface area contributed by atoms with E-state index in [0.717, 1.165) is 5.56 Å². The number of nitrogens with zero attached hydrogens (tertiary/aromatic N) is 4. The zero-order valence-corrected chi connectivity index (χ0v) is 19.0. The van der Waals surface area contributed by atoms with Gasteiger partial charge in [0.2, 0.25) is 0 Å². The van der Waals surface area contributed by atoms with Crippen molar-refractivity contribution < 1.29 is 14.3 Å². The number of aryl methyl sites for hydroxylation is 2. The second-order valence-electron chi connectivity index (χ2n) is 8.65. The van der Waals surface area contributed by atoms with Crippen LogP contribution in [-0.2, 0) is 11.3 Å². The molecule has 1 saturated heterocycles. The fourth-order valence-electron chi connectivity index (χ4n) is 3.34. The zero-order chi connectivity index (χ0) is 22.1. The second-order valence-corrected chi connectivity index (χ2v) is 9.01. The number of amides is 2. The maximum absolute atomic E-state index is 13.1. The first-order valence-corrected chi connectivity index (χ1v) is 10.5. The first-order chi connectivity index (χ1) is 14.0. The molecule has 0 saturated carbocycles. The predicted octanol–water partition coefficient (Wildman–Crippen LogP) is 3.89. The molecule has 1 aromatic carbocycles. The maximum atomic E-state index is 13.1. The Hall–Kier alpha value is -2.54. The van der Waals surface area contributed by atoms with Gasteiger partial charge < -0.3 is 14.5 Å². The summed E-state index contributed by atoms with van der Waals surface area (Å²) in [5, 5.41) is 4.82. The van der Waals surface area contributed by atoms with Gasteiger partial charge in [0.15, 0.2) is 0 Å². The van der Waals surface area contributed by atoms with Gasteiger partial charge in [-0.3, -0.25) is 4.79 Å². The summed E-state index contributed by atoms with van der Waals surface area (Å²) in [7, 11) is 0. The first kappa shape index (κ1) is 22.2. The van der Waals surface area contributed by atoms with Crippen LogP contribution < -0.4 is 0 Å². The van der Waals surface area contributed by atoms with E-state index in [4.69, 9.17) is 16.3 Å². The van der Waals surface area contributed by atoms with E-state index in [-0.39, 0.29) is 12.0 Å². The molecule has 0 unspecified atom stereocenters. The van der Waals surface area contributed by atoms with Crippen molar-refractivity contribution in [2.75, 3.05) is 26.2 Å². The smallest absolute Gasteiger partial charge is 0.410 e. The van der Waals surface area contributed by atoms with Crippen molar-refractivity contribution in [3.8, 4) is 0 Å². The van der Waals surface area contributed by atoms with Gasteiger partial charge >= 0.3 is 6.09 Å². The van der Waals surface area contributed by atoms with Crippen LogP contribution in [0.3, 0.4) is 0 Å². The van der Waals surface area contributed by atoms with Crippen LogP contribution in [0.4, 0.5) is 4.79 Å². The van der Waals surface area contributed by atoms with Crippen molar-refractivity contribution >= 4 is 23.6 Å². The molecule has 0 atom stereocenters. The van der Waals surface area contributed by atoms with Crippen LogP contribution in [0.5, 0.6) is 0 Å². The Labute approximate surface area is 182 Å². The predicted molar refractivity (Wildman–Crippen MR) is 116 cm³/mol. The van der Waals surface area contributed by atoms with E-state index in [1.165, 1.54) is 5.56 Å². The van der Waals surface area contributed by atoms with Crippen molar-refractivity contribution in [1.29, 1.82) is 0 Å². The lowest BCUT2D eigenvalue weighted by molar-refractivity contribution is 0.0140. The standard InChI is InChI=1S/C22H29ClN4O3/c1-15-6-8-17(9-7-15)14-27-19(23)18(16(2)24-27)20(28)25-10-12-26(13-11-25)21(29)30-22(3,4)5/h6-9H,10-14H2,1-5H3. The molecule has 2 aromatic rings. The average molecular weight is 433 g/mol. The van der Waals surface area contributed by atoms with Gasteiger partial charge in [-0.1, -0.05) is 41.4 Å². The number of hydrogen-bond donors (Lipinski definition) is 0. The SMILES string of the molecule is Cc1ccc(Cn2nc(C)c(C(=O)N3CCN(C(=O)OC(C)(C)C)CC3)c2Cl)cc1. The van der Waals surface area contributed by atoms with E-state index in [2.05, 4.69) is 5.10 Å². The van der Waals surface area contributed by atoms with Gasteiger partial charge in [-0.15, -0.1) is 0 Å². The van der Waals surface area contributed by atoms with Crippen LogP contribution >= 0.6 is 11.6 Å². The van der Waals surface area contributed by atoms with E-state index in [9.17, 15) is 9.59 Å².